The van der Waals surface area contributed by atoms with Gasteiger partial charge in [-0.2, -0.15) is 0 Å². The second-order valence-corrected chi connectivity index (χ2v) is 10.2. The molecule has 3 nitrogen and oxygen atoms in total. The van der Waals surface area contributed by atoms with Gasteiger partial charge >= 0.3 is 0 Å². The molecule has 158 valence electrons. The predicted octanol–water partition coefficient (Wildman–Crippen LogP) is 6.79. The highest BCUT2D eigenvalue weighted by atomic mass is 16.5. The highest BCUT2D eigenvalue weighted by molar-refractivity contribution is 5.92. The molecule has 0 aliphatic heterocycles. The molecule has 0 radical (unpaired) electrons. The Kier molecular flexibility index (Phi) is 4.34. The summed E-state index contributed by atoms with van der Waals surface area (Å²) < 4.78 is 5.90. The summed E-state index contributed by atoms with van der Waals surface area (Å²) in [5.74, 6) is 3.81. The highest BCUT2D eigenvalue weighted by Gasteiger charge is 2.52. The molecule has 4 aliphatic rings. The molecule has 0 unspecified atom stereocenters. The Morgan fingerprint density at radius 1 is 0.839 bits per heavy atom. The Morgan fingerprint density at radius 3 is 2.13 bits per heavy atom. The van der Waals surface area contributed by atoms with Gasteiger partial charge in [0.15, 0.2) is 0 Å². The summed E-state index contributed by atoms with van der Waals surface area (Å²) in [6, 6.07) is 19.6. The first-order valence-electron chi connectivity index (χ1n) is 11.6. The Bertz CT molecular complexity index is 1140. The smallest absolute Gasteiger partial charge is 0.122 e. The van der Waals surface area contributed by atoms with Gasteiger partial charge in [0.2, 0.25) is 0 Å². The van der Waals surface area contributed by atoms with Crippen LogP contribution in [0, 0.1) is 17.8 Å². The molecule has 0 aromatic heterocycles. The minimum atomic E-state index is 0.311. The van der Waals surface area contributed by atoms with Gasteiger partial charge in [0.05, 0.1) is 13.3 Å². The molecule has 0 amide bonds. The van der Waals surface area contributed by atoms with Gasteiger partial charge in [-0.05, 0) is 113 Å². The lowest BCUT2D eigenvalue weighted by Crippen LogP contribution is -2.48. The molecule has 4 bridgehead atoms. The van der Waals surface area contributed by atoms with E-state index in [0.717, 1.165) is 34.5 Å². The standard InChI is InChI=1S/C28H29NO2/c1-31-27-7-6-25(24-5-4-22-11-18(17-29-30)2-3-23(22)12-24)13-26(27)28-14-19-8-20(15-28)10-21(9-19)16-28/h2-7,11-13,17,19-21,30H,8-10,14-16H2,1H3. The lowest BCUT2D eigenvalue weighted by atomic mass is 9.48. The number of oxime groups is 1. The van der Waals surface area contributed by atoms with Crippen LogP contribution in [0.2, 0.25) is 0 Å². The van der Waals surface area contributed by atoms with Crippen LogP contribution in [-0.4, -0.2) is 18.5 Å². The summed E-state index contributed by atoms with van der Waals surface area (Å²) in [5.41, 5.74) is 5.17. The number of benzene rings is 3. The molecule has 1 N–H and O–H groups in total. The zero-order chi connectivity index (χ0) is 21.0. The van der Waals surface area contributed by atoms with E-state index < -0.39 is 0 Å². The van der Waals surface area contributed by atoms with Crippen LogP contribution in [0.15, 0.2) is 59.8 Å². The van der Waals surface area contributed by atoms with Crippen molar-refractivity contribution in [3.63, 3.8) is 0 Å². The Hall–Kier alpha value is -2.81. The number of hydrogen-bond donors (Lipinski definition) is 1. The van der Waals surface area contributed by atoms with Gasteiger partial charge in [-0.1, -0.05) is 35.5 Å². The van der Waals surface area contributed by atoms with Gasteiger partial charge in [0.25, 0.3) is 0 Å². The molecule has 0 heterocycles. The van der Waals surface area contributed by atoms with E-state index in [1.165, 1.54) is 66.8 Å². The van der Waals surface area contributed by atoms with Crippen molar-refractivity contribution in [3.05, 3.63) is 65.7 Å². The number of methoxy groups -OCH3 is 1. The molecule has 4 fully saturated rings. The van der Waals surface area contributed by atoms with E-state index in [4.69, 9.17) is 9.94 Å². The fourth-order valence-corrected chi connectivity index (χ4v) is 7.33. The van der Waals surface area contributed by atoms with Gasteiger partial charge in [-0.25, -0.2) is 0 Å². The molecule has 3 heteroatoms. The third kappa shape index (κ3) is 3.13. The molecule has 4 saturated carbocycles. The fraction of sp³-hybridized carbons (Fsp3) is 0.393. The average Bonchev–Trinajstić information content (AvgIpc) is 2.77. The summed E-state index contributed by atoms with van der Waals surface area (Å²) in [6.07, 6.45) is 9.84. The summed E-state index contributed by atoms with van der Waals surface area (Å²) in [4.78, 5) is 0. The van der Waals surface area contributed by atoms with Gasteiger partial charge in [0, 0.05) is 5.56 Å². The second kappa shape index (κ2) is 7.12. The molecule has 31 heavy (non-hydrogen) atoms. The SMILES string of the molecule is COc1ccc(-c2ccc3cc(C=NO)ccc3c2)cc1C12CC3CC(CC(C3)C1)C2. The van der Waals surface area contributed by atoms with Crippen molar-refractivity contribution in [1.29, 1.82) is 0 Å². The van der Waals surface area contributed by atoms with Crippen molar-refractivity contribution in [2.24, 2.45) is 22.9 Å². The number of ether oxygens (including phenoxy) is 1. The van der Waals surface area contributed by atoms with Crippen molar-refractivity contribution in [1.82, 2.24) is 0 Å². The maximum absolute atomic E-state index is 8.80. The van der Waals surface area contributed by atoms with E-state index in [9.17, 15) is 0 Å². The number of hydrogen-bond acceptors (Lipinski definition) is 3. The van der Waals surface area contributed by atoms with E-state index in [1.54, 1.807) is 0 Å². The van der Waals surface area contributed by atoms with E-state index in [1.807, 2.05) is 19.2 Å². The van der Waals surface area contributed by atoms with Crippen molar-refractivity contribution < 1.29 is 9.94 Å². The van der Waals surface area contributed by atoms with Gasteiger partial charge in [-0.3, -0.25) is 0 Å². The average molecular weight is 412 g/mol. The van der Waals surface area contributed by atoms with Crippen LogP contribution < -0.4 is 4.74 Å². The third-order valence-corrected chi connectivity index (χ3v) is 8.21. The van der Waals surface area contributed by atoms with Crippen molar-refractivity contribution in [2.45, 2.75) is 43.9 Å². The molecule has 0 atom stereocenters. The summed E-state index contributed by atoms with van der Waals surface area (Å²) in [5, 5.41) is 14.3. The molecule has 4 aliphatic carbocycles. The second-order valence-electron chi connectivity index (χ2n) is 10.2. The normalized spacial score (nSPS) is 29.1. The molecule has 3 aromatic carbocycles. The van der Waals surface area contributed by atoms with Crippen LogP contribution >= 0.6 is 0 Å². The van der Waals surface area contributed by atoms with Crippen LogP contribution in [0.25, 0.3) is 21.9 Å². The lowest BCUT2D eigenvalue weighted by molar-refractivity contribution is -0.00613. The highest BCUT2D eigenvalue weighted by Crippen LogP contribution is 2.62. The molecule has 0 spiro atoms. The summed E-state index contributed by atoms with van der Waals surface area (Å²) in [6.45, 7) is 0. The van der Waals surface area contributed by atoms with Gasteiger partial charge < -0.3 is 9.94 Å². The van der Waals surface area contributed by atoms with Crippen LogP contribution in [-0.2, 0) is 5.41 Å². The van der Waals surface area contributed by atoms with Crippen molar-refractivity contribution in [2.75, 3.05) is 7.11 Å². The number of nitrogens with zero attached hydrogens (tertiary/aromatic N) is 1. The van der Waals surface area contributed by atoms with Gasteiger partial charge in [0.1, 0.15) is 5.75 Å². The summed E-state index contributed by atoms with van der Waals surface area (Å²) >= 11 is 0. The Morgan fingerprint density at radius 2 is 1.45 bits per heavy atom. The van der Waals surface area contributed by atoms with Crippen LogP contribution in [0.3, 0.4) is 0 Å². The predicted molar refractivity (Wildman–Crippen MR) is 125 cm³/mol. The topological polar surface area (TPSA) is 41.8 Å². The van der Waals surface area contributed by atoms with Crippen LogP contribution in [0.4, 0.5) is 0 Å². The first-order valence-corrected chi connectivity index (χ1v) is 11.6. The van der Waals surface area contributed by atoms with E-state index in [-0.39, 0.29) is 0 Å². The van der Waals surface area contributed by atoms with E-state index >= 15 is 0 Å². The summed E-state index contributed by atoms with van der Waals surface area (Å²) in [7, 11) is 1.82. The fourth-order valence-electron chi connectivity index (χ4n) is 7.33. The van der Waals surface area contributed by atoms with Crippen LogP contribution in [0.1, 0.15) is 49.7 Å². The molecule has 0 saturated heterocycles. The van der Waals surface area contributed by atoms with Crippen molar-refractivity contribution >= 4 is 17.0 Å². The zero-order valence-corrected chi connectivity index (χ0v) is 18.1. The first kappa shape index (κ1) is 18.9. The molecular weight excluding hydrogens is 382 g/mol. The number of rotatable bonds is 4. The maximum Gasteiger partial charge on any atom is 0.122 e. The molecule has 7 rings (SSSR count). The minimum Gasteiger partial charge on any atom is -0.496 e. The monoisotopic (exact) mass is 411 g/mol. The molecular formula is C28H29NO2. The first-order chi connectivity index (χ1) is 15.2. The maximum atomic E-state index is 8.80. The van der Waals surface area contributed by atoms with E-state index in [0.29, 0.717) is 5.41 Å². The molecule has 3 aromatic rings. The Labute approximate surface area is 183 Å². The lowest BCUT2D eigenvalue weighted by Gasteiger charge is -2.57. The zero-order valence-electron chi connectivity index (χ0n) is 18.1. The third-order valence-electron chi connectivity index (χ3n) is 8.21. The minimum absolute atomic E-state index is 0.311. The largest absolute Gasteiger partial charge is 0.496 e. The Balaban J connectivity index is 1.42. The van der Waals surface area contributed by atoms with Gasteiger partial charge in [-0.15, -0.1) is 0 Å². The van der Waals surface area contributed by atoms with Crippen molar-refractivity contribution in [3.8, 4) is 16.9 Å². The van der Waals surface area contributed by atoms with E-state index in [2.05, 4.69) is 47.6 Å². The number of fused-ring (bicyclic) bond motifs is 1. The quantitative estimate of drug-likeness (QED) is 0.292. The van der Waals surface area contributed by atoms with Crippen LogP contribution in [0.5, 0.6) is 5.75 Å².